The lowest BCUT2D eigenvalue weighted by Crippen LogP contribution is -2.74. The van der Waals surface area contributed by atoms with E-state index in [1.54, 1.807) is 24.3 Å². The highest BCUT2D eigenvalue weighted by atomic mass is 79.9. The smallest absolute Gasteiger partial charge is 0.340 e. The summed E-state index contributed by atoms with van der Waals surface area (Å²) in [5, 5.41) is 11.4. The lowest BCUT2D eigenvalue weighted by Gasteiger charge is -2.62. The molecule has 29 heavy (non-hydrogen) atoms. The minimum atomic E-state index is -1.37. The molecule has 3 heterocycles. The normalized spacial score (nSPS) is 44.2. The monoisotopic (exact) mass is 464 g/mol. The van der Waals surface area contributed by atoms with Gasteiger partial charge in [-0.1, -0.05) is 36.7 Å². The SMILES string of the molecule is CC1(C)C[C@H]2[C@@H]3O[C@@H](OC(=O)c4ccc(Br)cc4)[C@](C)([C@H]2C1)[C@H]1C(=O)OC[C@@]31O. The predicted molar refractivity (Wildman–Crippen MR) is 106 cm³/mol. The molecule has 5 aliphatic rings. The van der Waals surface area contributed by atoms with Crippen LogP contribution < -0.4 is 0 Å². The molecule has 6 nitrogen and oxygen atoms in total. The van der Waals surface area contributed by atoms with Gasteiger partial charge in [-0.25, -0.2) is 4.79 Å². The van der Waals surface area contributed by atoms with Crippen LogP contribution in [0.25, 0.3) is 0 Å². The quantitative estimate of drug-likeness (QED) is 0.676. The van der Waals surface area contributed by atoms with Gasteiger partial charge in [0.25, 0.3) is 0 Å². The van der Waals surface area contributed by atoms with Crippen LogP contribution in [0.3, 0.4) is 0 Å². The summed E-state index contributed by atoms with van der Waals surface area (Å²) in [6.07, 6.45) is 0.291. The van der Waals surface area contributed by atoms with Crippen molar-refractivity contribution in [3.05, 3.63) is 34.3 Å². The number of carbonyl (C=O) groups is 2. The molecule has 2 aliphatic carbocycles. The summed E-state index contributed by atoms with van der Waals surface area (Å²) in [6.45, 7) is 6.27. The summed E-state index contributed by atoms with van der Waals surface area (Å²) in [6, 6.07) is 6.90. The summed E-state index contributed by atoms with van der Waals surface area (Å²) in [7, 11) is 0. The maximum absolute atomic E-state index is 12.8. The summed E-state index contributed by atoms with van der Waals surface area (Å²) in [5.41, 5.74) is -1.73. The molecule has 6 rings (SSSR count). The van der Waals surface area contributed by atoms with E-state index >= 15 is 0 Å². The Kier molecular flexibility index (Phi) is 4.07. The van der Waals surface area contributed by atoms with Crippen molar-refractivity contribution < 1.29 is 28.9 Å². The average molecular weight is 465 g/mol. The molecule has 0 radical (unpaired) electrons. The number of benzene rings is 1. The van der Waals surface area contributed by atoms with Crippen molar-refractivity contribution in [1.29, 1.82) is 0 Å². The molecule has 1 aromatic rings. The molecule has 5 fully saturated rings. The van der Waals surface area contributed by atoms with E-state index in [1.807, 2.05) is 6.92 Å². The molecule has 0 amide bonds. The summed E-state index contributed by atoms with van der Waals surface area (Å²) in [4.78, 5) is 25.5. The van der Waals surface area contributed by atoms with Gasteiger partial charge in [-0.3, -0.25) is 4.79 Å². The Morgan fingerprint density at radius 1 is 1.21 bits per heavy atom. The van der Waals surface area contributed by atoms with Gasteiger partial charge < -0.3 is 19.3 Å². The Labute approximate surface area is 178 Å². The van der Waals surface area contributed by atoms with E-state index in [0.717, 1.165) is 17.3 Å². The fourth-order valence-corrected chi connectivity index (χ4v) is 6.77. The molecule has 0 unspecified atom stereocenters. The largest absolute Gasteiger partial charge is 0.462 e. The van der Waals surface area contributed by atoms with Crippen molar-refractivity contribution in [3.8, 4) is 0 Å². The minimum Gasteiger partial charge on any atom is -0.462 e. The number of rotatable bonds is 2. The van der Waals surface area contributed by atoms with Crippen LogP contribution in [-0.2, 0) is 19.0 Å². The van der Waals surface area contributed by atoms with E-state index in [0.29, 0.717) is 5.56 Å². The highest BCUT2D eigenvalue weighted by Gasteiger charge is 2.78. The van der Waals surface area contributed by atoms with E-state index in [1.165, 1.54) is 0 Å². The molecule has 0 aromatic heterocycles. The maximum Gasteiger partial charge on any atom is 0.340 e. The molecule has 1 aromatic carbocycles. The van der Waals surface area contributed by atoms with Gasteiger partial charge in [0.1, 0.15) is 18.1 Å². The number of cyclic esters (lactones) is 1. The molecule has 156 valence electrons. The topological polar surface area (TPSA) is 82.1 Å². The van der Waals surface area contributed by atoms with Gasteiger partial charge in [-0.2, -0.15) is 0 Å². The second kappa shape index (κ2) is 6.05. The number of esters is 2. The van der Waals surface area contributed by atoms with Crippen LogP contribution in [0, 0.1) is 28.6 Å². The number of hydrogen-bond acceptors (Lipinski definition) is 6. The summed E-state index contributed by atoms with van der Waals surface area (Å²) in [5.74, 6) is -1.47. The first-order valence-corrected chi connectivity index (χ1v) is 10.9. The van der Waals surface area contributed by atoms with E-state index in [2.05, 4.69) is 29.8 Å². The lowest BCUT2D eigenvalue weighted by atomic mass is 9.50. The van der Waals surface area contributed by atoms with Gasteiger partial charge in [0.2, 0.25) is 6.29 Å². The first kappa shape index (κ1) is 19.5. The third-order valence-corrected chi connectivity index (χ3v) is 8.16. The molecule has 2 saturated carbocycles. The molecular formula is C22H25BrO6. The van der Waals surface area contributed by atoms with Gasteiger partial charge in [-0.05, 0) is 54.4 Å². The van der Waals surface area contributed by atoms with Crippen LogP contribution in [0.2, 0.25) is 0 Å². The lowest BCUT2D eigenvalue weighted by molar-refractivity contribution is -0.363. The van der Waals surface area contributed by atoms with Crippen molar-refractivity contribution in [3.63, 3.8) is 0 Å². The molecule has 3 aliphatic heterocycles. The van der Waals surface area contributed by atoms with E-state index in [-0.39, 0.29) is 23.9 Å². The minimum absolute atomic E-state index is 0.0617. The zero-order valence-electron chi connectivity index (χ0n) is 16.7. The van der Waals surface area contributed by atoms with Gasteiger partial charge >= 0.3 is 11.9 Å². The van der Waals surface area contributed by atoms with Crippen molar-refractivity contribution in [1.82, 2.24) is 0 Å². The number of hydrogen-bond donors (Lipinski definition) is 1. The van der Waals surface area contributed by atoms with E-state index in [9.17, 15) is 14.7 Å². The molecule has 7 atom stereocenters. The van der Waals surface area contributed by atoms with Crippen LogP contribution >= 0.6 is 15.9 Å². The van der Waals surface area contributed by atoms with Gasteiger partial charge in [0.15, 0.2) is 0 Å². The first-order chi connectivity index (χ1) is 13.6. The Balaban J connectivity index is 1.53. The van der Waals surface area contributed by atoms with Crippen molar-refractivity contribution in [2.24, 2.45) is 28.6 Å². The number of ether oxygens (including phenoxy) is 3. The Morgan fingerprint density at radius 2 is 1.90 bits per heavy atom. The van der Waals surface area contributed by atoms with Crippen LogP contribution in [0.5, 0.6) is 0 Å². The highest BCUT2D eigenvalue weighted by molar-refractivity contribution is 9.10. The summed E-state index contributed by atoms with van der Waals surface area (Å²) < 4.78 is 18.2. The van der Waals surface area contributed by atoms with Crippen LogP contribution in [0.1, 0.15) is 44.0 Å². The number of fused-ring (bicyclic) bond motifs is 1. The van der Waals surface area contributed by atoms with Crippen molar-refractivity contribution in [2.45, 2.75) is 51.6 Å². The van der Waals surface area contributed by atoms with Gasteiger partial charge in [-0.15, -0.1) is 0 Å². The zero-order valence-corrected chi connectivity index (χ0v) is 18.3. The fraction of sp³-hybridized carbons (Fsp3) is 0.636. The fourth-order valence-electron chi connectivity index (χ4n) is 6.51. The number of halogens is 1. The van der Waals surface area contributed by atoms with Crippen molar-refractivity contribution >= 4 is 27.9 Å². The van der Waals surface area contributed by atoms with E-state index < -0.39 is 41.3 Å². The van der Waals surface area contributed by atoms with Crippen molar-refractivity contribution in [2.75, 3.05) is 6.61 Å². The number of aliphatic hydroxyl groups is 1. The zero-order chi connectivity index (χ0) is 20.8. The Hall–Kier alpha value is -1.44. The number of carbonyl (C=O) groups excluding carboxylic acids is 2. The second-order valence-electron chi connectivity index (χ2n) is 10.0. The van der Waals surface area contributed by atoms with Gasteiger partial charge in [0, 0.05) is 9.89 Å². The van der Waals surface area contributed by atoms with Gasteiger partial charge in [0.05, 0.1) is 11.7 Å². The Morgan fingerprint density at radius 3 is 2.59 bits per heavy atom. The molecule has 3 saturated heterocycles. The van der Waals surface area contributed by atoms with Crippen LogP contribution in [-0.4, -0.2) is 41.6 Å². The predicted octanol–water partition coefficient (Wildman–Crippen LogP) is 3.31. The second-order valence-corrected chi connectivity index (χ2v) is 11.0. The van der Waals surface area contributed by atoms with Crippen LogP contribution in [0.4, 0.5) is 0 Å². The third kappa shape index (κ3) is 2.60. The molecule has 7 heteroatoms. The molecular weight excluding hydrogens is 440 g/mol. The Bertz CT molecular complexity index is 880. The van der Waals surface area contributed by atoms with E-state index in [4.69, 9.17) is 14.2 Å². The third-order valence-electron chi connectivity index (χ3n) is 7.63. The molecule has 1 N–H and O–H groups in total. The first-order valence-electron chi connectivity index (χ1n) is 10.1. The maximum atomic E-state index is 12.8. The molecule has 2 bridgehead atoms. The summed E-state index contributed by atoms with van der Waals surface area (Å²) >= 11 is 3.36. The molecule has 0 spiro atoms. The van der Waals surface area contributed by atoms with Crippen LogP contribution in [0.15, 0.2) is 28.7 Å². The highest BCUT2D eigenvalue weighted by Crippen LogP contribution is 2.69. The standard InChI is InChI=1S/C22H25BrO6/c1-20(2)8-13-14(9-20)21(3)15-18(25)27-10-22(15,26)16(13)28-19(21)29-17(24)11-4-6-12(23)7-5-11/h4-7,13-16,19,26H,8-10H2,1-3H3/t13-,14+,15-,16+,19+,21-,22+/m1/s1. The average Bonchev–Trinajstić information content (AvgIpc) is 3.15.